The number of nitrogens with one attached hydrogen (secondary N) is 1. The Labute approximate surface area is 164 Å². The van der Waals surface area contributed by atoms with Crippen LogP contribution >= 0.6 is 0 Å². The zero-order valence-corrected chi connectivity index (χ0v) is 16.2. The molecule has 3 rings (SSSR count). The number of hydrogen-bond donors (Lipinski definition) is 1. The number of carbonyl (C=O) groups excluding carboxylic acids is 2. The summed E-state index contributed by atoms with van der Waals surface area (Å²) in [4.78, 5) is 33.1. The molecule has 1 saturated heterocycles. The van der Waals surface area contributed by atoms with E-state index in [-0.39, 0.29) is 29.4 Å². The minimum Gasteiger partial charge on any atom is -0.368 e. The highest BCUT2D eigenvalue weighted by Gasteiger charge is 2.24. The van der Waals surface area contributed by atoms with Gasteiger partial charge < -0.3 is 15.1 Å². The van der Waals surface area contributed by atoms with Gasteiger partial charge in [0.15, 0.2) is 0 Å². The second-order valence-corrected chi connectivity index (χ2v) is 6.97. The second-order valence-electron chi connectivity index (χ2n) is 6.97. The summed E-state index contributed by atoms with van der Waals surface area (Å²) in [5.41, 5.74) is 1.64. The lowest BCUT2D eigenvalue weighted by molar-refractivity contribution is 0.0741. The number of halogens is 1. The average molecular weight is 384 g/mol. The van der Waals surface area contributed by atoms with Crippen LogP contribution in [0.15, 0.2) is 42.6 Å². The van der Waals surface area contributed by atoms with E-state index < -0.39 is 0 Å². The standard InChI is InChI=1S/C21H25FN4O2/c1-3-15(2)24-20(27)16-8-9-23-19(14-16)21(28)26-12-10-25(11-13-26)18-6-4-17(22)5-7-18/h4-9,14-15H,3,10-13H2,1-2H3,(H,24,27). The van der Waals surface area contributed by atoms with Crippen LogP contribution in [0, 0.1) is 5.82 Å². The van der Waals surface area contributed by atoms with Crippen molar-refractivity contribution in [3.63, 3.8) is 0 Å². The summed E-state index contributed by atoms with van der Waals surface area (Å²) in [5, 5.41) is 2.89. The Kier molecular flexibility index (Phi) is 6.23. The van der Waals surface area contributed by atoms with Crippen molar-refractivity contribution in [2.75, 3.05) is 31.1 Å². The molecule has 1 aromatic carbocycles. The number of hydrogen-bond acceptors (Lipinski definition) is 4. The molecule has 1 aromatic heterocycles. The van der Waals surface area contributed by atoms with E-state index in [0.717, 1.165) is 12.1 Å². The number of pyridine rings is 1. The molecule has 7 heteroatoms. The van der Waals surface area contributed by atoms with Crippen LogP contribution in [0.4, 0.5) is 10.1 Å². The molecule has 2 heterocycles. The highest BCUT2D eigenvalue weighted by molar-refractivity contribution is 5.98. The van der Waals surface area contributed by atoms with E-state index in [1.54, 1.807) is 29.2 Å². The van der Waals surface area contributed by atoms with Crippen molar-refractivity contribution in [2.45, 2.75) is 26.3 Å². The summed E-state index contributed by atoms with van der Waals surface area (Å²) >= 11 is 0. The third kappa shape index (κ3) is 4.65. The number of anilines is 1. The lowest BCUT2D eigenvalue weighted by Crippen LogP contribution is -2.49. The zero-order valence-electron chi connectivity index (χ0n) is 16.2. The summed E-state index contributed by atoms with van der Waals surface area (Å²) < 4.78 is 13.1. The summed E-state index contributed by atoms with van der Waals surface area (Å²) in [6.07, 6.45) is 2.33. The molecule has 1 atom stereocenters. The molecule has 0 saturated carbocycles. The van der Waals surface area contributed by atoms with Crippen molar-refractivity contribution in [2.24, 2.45) is 0 Å². The number of aromatic nitrogens is 1. The van der Waals surface area contributed by atoms with Crippen molar-refractivity contribution >= 4 is 17.5 Å². The molecule has 1 aliphatic rings. The second kappa shape index (κ2) is 8.82. The highest BCUT2D eigenvalue weighted by Crippen LogP contribution is 2.18. The van der Waals surface area contributed by atoms with Crippen LogP contribution in [-0.4, -0.2) is 53.9 Å². The Morgan fingerprint density at radius 3 is 2.46 bits per heavy atom. The predicted octanol–water partition coefficient (Wildman–Crippen LogP) is 2.71. The Balaban J connectivity index is 1.63. The van der Waals surface area contributed by atoms with E-state index in [4.69, 9.17) is 0 Å². The summed E-state index contributed by atoms with van der Waals surface area (Å²) in [7, 11) is 0. The Morgan fingerprint density at radius 2 is 1.82 bits per heavy atom. The molecule has 6 nitrogen and oxygen atoms in total. The van der Waals surface area contributed by atoms with Crippen LogP contribution in [0.2, 0.25) is 0 Å². The van der Waals surface area contributed by atoms with E-state index in [2.05, 4.69) is 15.2 Å². The summed E-state index contributed by atoms with van der Waals surface area (Å²) in [6, 6.07) is 9.59. The fourth-order valence-electron chi connectivity index (χ4n) is 3.08. The van der Waals surface area contributed by atoms with Gasteiger partial charge in [-0.1, -0.05) is 6.92 Å². The van der Waals surface area contributed by atoms with E-state index in [9.17, 15) is 14.0 Å². The minimum atomic E-state index is -0.263. The molecule has 0 aliphatic carbocycles. The van der Waals surface area contributed by atoms with Crippen LogP contribution in [0.1, 0.15) is 41.1 Å². The molecule has 0 radical (unpaired) electrons. The minimum absolute atomic E-state index is 0.0688. The van der Waals surface area contributed by atoms with Crippen LogP contribution in [0.3, 0.4) is 0 Å². The molecular weight excluding hydrogens is 359 g/mol. The number of rotatable bonds is 5. The molecule has 1 aliphatic heterocycles. The molecule has 0 spiro atoms. The van der Waals surface area contributed by atoms with Gasteiger partial charge in [0, 0.05) is 49.7 Å². The topological polar surface area (TPSA) is 65.5 Å². The maximum atomic E-state index is 13.1. The van der Waals surface area contributed by atoms with Gasteiger partial charge in [-0.25, -0.2) is 4.39 Å². The predicted molar refractivity (Wildman–Crippen MR) is 106 cm³/mol. The number of piperazine rings is 1. The first-order valence-electron chi connectivity index (χ1n) is 9.54. The van der Waals surface area contributed by atoms with E-state index in [1.165, 1.54) is 18.3 Å². The van der Waals surface area contributed by atoms with Gasteiger partial charge in [0.1, 0.15) is 11.5 Å². The molecule has 1 fully saturated rings. The van der Waals surface area contributed by atoms with Gasteiger partial charge in [-0.3, -0.25) is 14.6 Å². The van der Waals surface area contributed by atoms with Crippen molar-refractivity contribution in [1.82, 2.24) is 15.2 Å². The van der Waals surface area contributed by atoms with Crippen LogP contribution < -0.4 is 10.2 Å². The molecule has 1 unspecified atom stereocenters. The van der Waals surface area contributed by atoms with E-state index in [0.29, 0.717) is 31.7 Å². The van der Waals surface area contributed by atoms with Gasteiger partial charge in [-0.2, -0.15) is 0 Å². The monoisotopic (exact) mass is 384 g/mol. The molecule has 0 bridgehead atoms. The number of carbonyl (C=O) groups is 2. The van der Waals surface area contributed by atoms with Crippen molar-refractivity contribution in [3.8, 4) is 0 Å². The smallest absolute Gasteiger partial charge is 0.272 e. The van der Waals surface area contributed by atoms with Crippen molar-refractivity contribution in [1.29, 1.82) is 0 Å². The van der Waals surface area contributed by atoms with E-state index >= 15 is 0 Å². The quantitative estimate of drug-likeness (QED) is 0.861. The van der Waals surface area contributed by atoms with E-state index in [1.807, 2.05) is 13.8 Å². The van der Waals surface area contributed by atoms with Crippen LogP contribution in [0.5, 0.6) is 0 Å². The molecule has 2 aromatic rings. The SMILES string of the molecule is CCC(C)NC(=O)c1ccnc(C(=O)N2CCN(c3ccc(F)cc3)CC2)c1. The normalized spacial score (nSPS) is 15.2. The third-order valence-electron chi connectivity index (χ3n) is 4.99. The van der Waals surface area contributed by atoms with Gasteiger partial charge in [-0.15, -0.1) is 0 Å². The number of amides is 2. The Bertz CT molecular complexity index is 833. The number of nitrogens with zero attached hydrogens (tertiary/aromatic N) is 3. The summed E-state index contributed by atoms with van der Waals surface area (Å²) in [5.74, 6) is -0.648. The average Bonchev–Trinajstić information content (AvgIpc) is 2.74. The maximum absolute atomic E-state index is 13.1. The molecule has 28 heavy (non-hydrogen) atoms. The van der Waals surface area contributed by atoms with Gasteiger partial charge >= 0.3 is 0 Å². The largest absolute Gasteiger partial charge is 0.368 e. The van der Waals surface area contributed by atoms with Crippen molar-refractivity contribution < 1.29 is 14.0 Å². The molecule has 148 valence electrons. The first kappa shape index (κ1) is 19.8. The lowest BCUT2D eigenvalue weighted by atomic mass is 10.1. The Hall–Kier alpha value is -2.96. The van der Waals surface area contributed by atoms with Gasteiger partial charge in [-0.05, 0) is 49.7 Å². The number of benzene rings is 1. The van der Waals surface area contributed by atoms with Gasteiger partial charge in [0.25, 0.3) is 11.8 Å². The van der Waals surface area contributed by atoms with Crippen LogP contribution in [0.25, 0.3) is 0 Å². The first-order chi connectivity index (χ1) is 13.5. The molecule has 2 amide bonds. The lowest BCUT2D eigenvalue weighted by Gasteiger charge is -2.36. The molecule has 1 N–H and O–H groups in total. The zero-order chi connectivity index (χ0) is 20.1. The maximum Gasteiger partial charge on any atom is 0.272 e. The third-order valence-corrected chi connectivity index (χ3v) is 4.99. The van der Waals surface area contributed by atoms with Gasteiger partial charge in [0.2, 0.25) is 0 Å². The molecular formula is C21H25FN4O2. The van der Waals surface area contributed by atoms with Crippen molar-refractivity contribution in [3.05, 3.63) is 59.7 Å². The first-order valence-corrected chi connectivity index (χ1v) is 9.54. The Morgan fingerprint density at radius 1 is 1.14 bits per heavy atom. The summed E-state index contributed by atoms with van der Waals surface area (Å²) in [6.45, 7) is 6.34. The fourth-order valence-corrected chi connectivity index (χ4v) is 3.08. The van der Waals surface area contributed by atoms with Crippen LogP contribution in [-0.2, 0) is 0 Å². The van der Waals surface area contributed by atoms with Gasteiger partial charge in [0.05, 0.1) is 0 Å². The highest BCUT2D eigenvalue weighted by atomic mass is 19.1. The fraction of sp³-hybridized carbons (Fsp3) is 0.381.